The maximum atomic E-state index is 12.4. The van der Waals surface area contributed by atoms with Crippen LogP contribution in [0, 0.1) is 0 Å². The smallest absolute Gasteiger partial charge is 0.341 e. The molecule has 1 atom stereocenters. The van der Waals surface area contributed by atoms with Gasteiger partial charge in [-0.3, -0.25) is 15.1 Å². The van der Waals surface area contributed by atoms with Gasteiger partial charge in [0.15, 0.2) is 6.10 Å². The second-order valence-corrected chi connectivity index (χ2v) is 6.09. The zero-order chi connectivity index (χ0) is 19.9. The van der Waals surface area contributed by atoms with E-state index in [4.69, 9.17) is 4.74 Å². The molecule has 0 unspecified atom stereocenters. The quantitative estimate of drug-likeness (QED) is 0.667. The molecule has 3 aromatic rings. The number of nitrogens with zero attached hydrogens (tertiary/aromatic N) is 1. The van der Waals surface area contributed by atoms with Crippen LogP contribution in [-0.2, 0) is 16.1 Å². The fraction of sp³-hybridized carbons (Fsp3) is 0.143. The van der Waals surface area contributed by atoms with E-state index in [0.717, 1.165) is 10.9 Å². The Bertz CT molecular complexity index is 999. The number of para-hydroxylation sites is 1. The molecule has 2 N–H and O–H groups in total. The molecule has 28 heavy (non-hydrogen) atoms. The second-order valence-electron chi connectivity index (χ2n) is 6.09. The maximum Gasteiger partial charge on any atom is 0.341 e. The number of ether oxygens (including phenoxy) is 1. The Hall–Kier alpha value is -3.74. The van der Waals surface area contributed by atoms with Crippen molar-refractivity contribution in [1.82, 2.24) is 15.6 Å². The number of nitrogens with one attached hydrogen (secondary N) is 2. The number of amides is 3. The minimum Gasteiger partial charge on any atom is -0.449 e. The maximum absolute atomic E-state index is 12.4. The van der Waals surface area contributed by atoms with E-state index in [2.05, 4.69) is 15.6 Å². The molecular formula is C21H19N3O4. The zero-order valence-electron chi connectivity index (χ0n) is 15.2. The van der Waals surface area contributed by atoms with Crippen molar-refractivity contribution in [2.45, 2.75) is 19.6 Å². The first-order chi connectivity index (χ1) is 13.5. The van der Waals surface area contributed by atoms with Crippen LogP contribution in [0.3, 0.4) is 0 Å². The SMILES string of the molecule is C[C@@H](OC(=O)c1cccc2cccnc12)C(=O)NC(=O)NCc1ccccc1. The molecule has 7 heteroatoms. The van der Waals surface area contributed by atoms with Crippen LogP contribution in [0.2, 0.25) is 0 Å². The van der Waals surface area contributed by atoms with Crippen LogP contribution in [0.5, 0.6) is 0 Å². The second kappa shape index (κ2) is 8.77. The summed E-state index contributed by atoms with van der Waals surface area (Å²) in [6.45, 7) is 1.67. The number of benzene rings is 2. The molecule has 7 nitrogen and oxygen atoms in total. The van der Waals surface area contributed by atoms with Crippen LogP contribution in [0.4, 0.5) is 4.79 Å². The van der Waals surface area contributed by atoms with Crippen LogP contribution in [0.25, 0.3) is 10.9 Å². The number of rotatable bonds is 5. The number of hydrogen-bond donors (Lipinski definition) is 2. The number of carbonyl (C=O) groups is 3. The van der Waals surface area contributed by atoms with Crippen molar-refractivity contribution < 1.29 is 19.1 Å². The Morgan fingerprint density at radius 2 is 1.75 bits per heavy atom. The van der Waals surface area contributed by atoms with Gasteiger partial charge in [0.25, 0.3) is 5.91 Å². The highest BCUT2D eigenvalue weighted by Crippen LogP contribution is 2.17. The number of urea groups is 1. The lowest BCUT2D eigenvalue weighted by atomic mass is 10.1. The van der Waals surface area contributed by atoms with Gasteiger partial charge in [0.05, 0.1) is 11.1 Å². The highest BCUT2D eigenvalue weighted by atomic mass is 16.5. The number of carbonyl (C=O) groups excluding carboxylic acids is 3. The van der Waals surface area contributed by atoms with Crippen LogP contribution in [-0.4, -0.2) is 29.0 Å². The highest BCUT2D eigenvalue weighted by Gasteiger charge is 2.22. The molecule has 0 spiro atoms. The summed E-state index contributed by atoms with van der Waals surface area (Å²) >= 11 is 0. The molecular weight excluding hydrogens is 358 g/mol. The molecule has 0 radical (unpaired) electrons. The van der Waals surface area contributed by atoms with Crippen molar-refractivity contribution in [1.29, 1.82) is 0 Å². The summed E-state index contributed by atoms with van der Waals surface area (Å²) in [5.41, 5.74) is 1.64. The lowest BCUT2D eigenvalue weighted by molar-refractivity contribution is -0.127. The van der Waals surface area contributed by atoms with Crippen molar-refractivity contribution in [3.05, 3.63) is 78.0 Å². The molecule has 142 valence electrons. The predicted octanol–water partition coefficient (Wildman–Crippen LogP) is 2.81. The van der Waals surface area contributed by atoms with E-state index < -0.39 is 24.0 Å². The third kappa shape index (κ3) is 4.70. The third-order valence-corrected chi connectivity index (χ3v) is 4.04. The molecule has 1 heterocycles. The monoisotopic (exact) mass is 377 g/mol. The van der Waals surface area contributed by atoms with Crippen molar-refractivity contribution in [3.8, 4) is 0 Å². The topological polar surface area (TPSA) is 97.4 Å². The first kappa shape index (κ1) is 19.0. The summed E-state index contributed by atoms with van der Waals surface area (Å²) in [5, 5.41) is 5.52. The van der Waals surface area contributed by atoms with E-state index >= 15 is 0 Å². The Morgan fingerprint density at radius 3 is 2.54 bits per heavy atom. The Labute approximate surface area is 161 Å². The van der Waals surface area contributed by atoms with Gasteiger partial charge < -0.3 is 10.1 Å². The van der Waals surface area contributed by atoms with Gasteiger partial charge in [-0.15, -0.1) is 0 Å². The van der Waals surface area contributed by atoms with Crippen molar-refractivity contribution in [2.24, 2.45) is 0 Å². The standard InChI is InChI=1S/C21H19N3O4/c1-14(19(25)24-21(27)23-13-15-7-3-2-4-8-15)28-20(26)17-11-5-9-16-10-6-12-22-18(16)17/h2-12,14H,13H2,1H3,(H2,23,24,25,27)/t14-/m1/s1. The summed E-state index contributed by atoms with van der Waals surface area (Å²) in [6, 6.07) is 17.3. The highest BCUT2D eigenvalue weighted by molar-refractivity contribution is 6.04. The molecule has 0 bridgehead atoms. The number of aromatic nitrogens is 1. The van der Waals surface area contributed by atoms with Crippen LogP contribution in [0.15, 0.2) is 66.9 Å². The molecule has 2 aromatic carbocycles. The van der Waals surface area contributed by atoms with Gasteiger partial charge in [-0.25, -0.2) is 9.59 Å². The predicted molar refractivity (Wildman–Crippen MR) is 103 cm³/mol. The van der Waals surface area contributed by atoms with Gasteiger partial charge >= 0.3 is 12.0 Å². The van der Waals surface area contributed by atoms with Gasteiger partial charge in [-0.05, 0) is 24.6 Å². The molecule has 0 saturated carbocycles. The molecule has 3 amide bonds. The molecule has 3 rings (SSSR count). The largest absolute Gasteiger partial charge is 0.449 e. The lowest BCUT2D eigenvalue weighted by Gasteiger charge is -2.14. The van der Waals surface area contributed by atoms with Gasteiger partial charge in [0, 0.05) is 18.1 Å². The Balaban J connectivity index is 1.56. The van der Waals surface area contributed by atoms with Gasteiger partial charge in [-0.1, -0.05) is 48.5 Å². The van der Waals surface area contributed by atoms with E-state index in [1.54, 1.807) is 24.4 Å². The summed E-state index contributed by atoms with van der Waals surface area (Å²) in [4.78, 5) is 40.6. The fourth-order valence-corrected chi connectivity index (χ4v) is 2.58. The van der Waals surface area contributed by atoms with E-state index in [0.29, 0.717) is 5.52 Å². The molecule has 0 saturated heterocycles. The number of pyridine rings is 1. The number of hydrogen-bond acceptors (Lipinski definition) is 5. The Kier molecular flexibility index (Phi) is 5.96. The van der Waals surface area contributed by atoms with E-state index in [9.17, 15) is 14.4 Å². The zero-order valence-corrected chi connectivity index (χ0v) is 15.2. The van der Waals surface area contributed by atoms with Crippen molar-refractivity contribution in [3.63, 3.8) is 0 Å². The number of imide groups is 1. The van der Waals surface area contributed by atoms with Gasteiger partial charge in [0.1, 0.15) is 0 Å². The lowest BCUT2D eigenvalue weighted by Crippen LogP contribution is -2.44. The first-order valence-electron chi connectivity index (χ1n) is 8.72. The summed E-state index contributed by atoms with van der Waals surface area (Å²) in [7, 11) is 0. The average Bonchev–Trinajstić information content (AvgIpc) is 2.72. The summed E-state index contributed by atoms with van der Waals surface area (Å²) in [5.74, 6) is -1.40. The van der Waals surface area contributed by atoms with Gasteiger partial charge in [-0.2, -0.15) is 0 Å². The summed E-state index contributed by atoms with van der Waals surface area (Å²) < 4.78 is 5.20. The van der Waals surface area contributed by atoms with Crippen molar-refractivity contribution in [2.75, 3.05) is 0 Å². The molecule has 0 fully saturated rings. The van der Waals surface area contributed by atoms with Crippen LogP contribution in [0.1, 0.15) is 22.8 Å². The van der Waals surface area contributed by atoms with Crippen LogP contribution >= 0.6 is 0 Å². The van der Waals surface area contributed by atoms with E-state index in [1.165, 1.54) is 6.92 Å². The average molecular weight is 377 g/mol. The number of esters is 1. The molecule has 1 aromatic heterocycles. The minimum absolute atomic E-state index is 0.256. The van der Waals surface area contributed by atoms with E-state index in [-0.39, 0.29) is 12.1 Å². The number of fused-ring (bicyclic) bond motifs is 1. The minimum atomic E-state index is -1.14. The van der Waals surface area contributed by atoms with Crippen molar-refractivity contribution >= 4 is 28.8 Å². The molecule has 0 aliphatic carbocycles. The summed E-state index contributed by atoms with van der Waals surface area (Å²) in [6.07, 6.45) is 0.431. The van der Waals surface area contributed by atoms with Crippen LogP contribution < -0.4 is 10.6 Å². The third-order valence-electron chi connectivity index (χ3n) is 4.04. The fourth-order valence-electron chi connectivity index (χ4n) is 2.58. The van der Waals surface area contributed by atoms with Gasteiger partial charge in [0.2, 0.25) is 0 Å². The molecule has 0 aliphatic heterocycles. The molecule has 0 aliphatic rings. The normalized spacial score (nSPS) is 11.5. The Morgan fingerprint density at radius 1 is 1.00 bits per heavy atom. The first-order valence-corrected chi connectivity index (χ1v) is 8.72. The van der Waals surface area contributed by atoms with E-state index in [1.807, 2.05) is 42.5 Å².